The molecule has 0 bridgehead atoms. The number of methoxy groups -OCH3 is 2. The molecular weight excluding hydrogens is 525 g/mol. The van der Waals surface area contributed by atoms with Gasteiger partial charge in [0.1, 0.15) is 11.5 Å². The molecule has 1 aromatic heterocycles. The maximum atomic E-state index is 5.54. The summed E-state index contributed by atoms with van der Waals surface area (Å²) in [7, 11) is 3.41. The van der Waals surface area contributed by atoms with E-state index in [2.05, 4.69) is 40.0 Å². The van der Waals surface area contributed by atoms with E-state index in [1.807, 2.05) is 19.1 Å². The highest BCUT2D eigenvalue weighted by atomic mass is 127. The number of piperazine rings is 1. The molecule has 0 atom stereocenters. The molecule has 0 radical (unpaired) electrons. The van der Waals surface area contributed by atoms with Crippen LogP contribution in [0.25, 0.3) is 0 Å². The van der Waals surface area contributed by atoms with E-state index in [9.17, 15) is 0 Å². The quantitative estimate of drug-likeness (QED) is 0.318. The smallest absolute Gasteiger partial charge is 0.194 e. The molecule has 0 saturated carbocycles. The van der Waals surface area contributed by atoms with Crippen LogP contribution in [0, 0.1) is 13.8 Å². The second-order valence-electron chi connectivity index (χ2n) is 7.35. The number of benzene rings is 1. The van der Waals surface area contributed by atoms with Gasteiger partial charge in [-0.2, -0.15) is 0 Å². The fraction of sp³-hybridized carbons (Fsp3) is 0.545. The molecule has 2 aromatic rings. The van der Waals surface area contributed by atoms with Gasteiger partial charge in [0.2, 0.25) is 0 Å². The van der Waals surface area contributed by atoms with Gasteiger partial charge in [-0.25, -0.2) is 9.98 Å². The molecular formula is C22H34IN5O2S. The van der Waals surface area contributed by atoms with Crippen molar-refractivity contribution in [1.29, 1.82) is 0 Å². The van der Waals surface area contributed by atoms with Crippen molar-refractivity contribution in [3.63, 3.8) is 0 Å². The predicted molar refractivity (Wildman–Crippen MR) is 138 cm³/mol. The predicted octanol–water partition coefficient (Wildman–Crippen LogP) is 3.68. The van der Waals surface area contributed by atoms with Crippen molar-refractivity contribution in [2.24, 2.45) is 4.99 Å². The van der Waals surface area contributed by atoms with Gasteiger partial charge in [0, 0.05) is 49.7 Å². The highest BCUT2D eigenvalue weighted by molar-refractivity contribution is 14.0. The zero-order valence-corrected chi connectivity index (χ0v) is 22.3. The van der Waals surface area contributed by atoms with Crippen LogP contribution in [0.2, 0.25) is 0 Å². The molecule has 1 saturated heterocycles. The summed E-state index contributed by atoms with van der Waals surface area (Å²) in [6.07, 6.45) is 0. The number of aryl methyl sites for hydroxylation is 2. The van der Waals surface area contributed by atoms with Crippen LogP contribution in [0.4, 0.5) is 0 Å². The summed E-state index contributed by atoms with van der Waals surface area (Å²) in [5.41, 5.74) is 2.25. The molecule has 1 aliphatic rings. The standard InChI is InChI=1S/C22H33N5O2S.HI/c1-6-23-22(24-14-21-16(2)25-17(3)30-21)27-11-9-26(10-12-27)15-18-13-19(28-4)7-8-20(18)29-5;/h7-8,13H,6,9-12,14-15H2,1-5H3,(H,23,24);1H. The van der Waals surface area contributed by atoms with Crippen LogP contribution < -0.4 is 14.8 Å². The lowest BCUT2D eigenvalue weighted by Crippen LogP contribution is -2.52. The van der Waals surface area contributed by atoms with Gasteiger partial charge in [0.15, 0.2) is 5.96 Å². The SMILES string of the molecule is CCNC(=NCc1sc(C)nc1C)N1CCN(Cc2cc(OC)ccc2OC)CC1.I. The Morgan fingerprint density at radius 1 is 1.16 bits per heavy atom. The number of aliphatic imine (C=N–C) groups is 1. The molecule has 3 rings (SSSR count). The average Bonchev–Trinajstić information content (AvgIpc) is 3.08. The lowest BCUT2D eigenvalue weighted by molar-refractivity contribution is 0.171. The Bertz CT molecular complexity index is 866. The van der Waals surface area contributed by atoms with Gasteiger partial charge in [0.05, 0.1) is 31.5 Å². The van der Waals surface area contributed by atoms with Crippen LogP contribution in [-0.4, -0.2) is 67.7 Å². The van der Waals surface area contributed by atoms with Crippen molar-refractivity contribution in [3.8, 4) is 11.5 Å². The zero-order valence-electron chi connectivity index (χ0n) is 19.1. The van der Waals surface area contributed by atoms with E-state index in [1.165, 1.54) is 4.88 Å². The number of rotatable bonds is 7. The fourth-order valence-corrected chi connectivity index (χ4v) is 4.52. The largest absolute Gasteiger partial charge is 0.497 e. The summed E-state index contributed by atoms with van der Waals surface area (Å²) in [5.74, 6) is 2.75. The first-order valence-electron chi connectivity index (χ1n) is 10.4. The molecule has 1 aromatic carbocycles. The molecule has 1 aliphatic heterocycles. The van der Waals surface area contributed by atoms with Gasteiger partial charge in [0.25, 0.3) is 0 Å². The maximum Gasteiger partial charge on any atom is 0.194 e. The summed E-state index contributed by atoms with van der Waals surface area (Å²) >= 11 is 1.73. The zero-order chi connectivity index (χ0) is 21.5. The molecule has 2 heterocycles. The van der Waals surface area contributed by atoms with E-state index >= 15 is 0 Å². The van der Waals surface area contributed by atoms with Crippen LogP contribution in [0.15, 0.2) is 23.2 Å². The minimum Gasteiger partial charge on any atom is -0.497 e. The van der Waals surface area contributed by atoms with Crippen molar-refractivity contribution >= 4 is 41.3 Å². The van der Waals surface area contributed by atoms with Crippen LogP contribution >= 0.6 is 35.3 Å². The average molecular weight is 560 g/mol. The molecule has 0 spiro atoms. The number of hydrogen-bond acceptors (Lipinski definition) is 6. The fourth-order valence-electron chi connectivity index (χ4n) is 3.66. The Morgan fingerprint density at radius 3 is 2.48 bits per heavy atom. The summed E-state index contributed by atoms with van der Waals surface area (Å²) in [5, 5.41) is 4.55. The van der Waals surface area contributed by atoms with E-state index in [0.29, 0.717) is 6.54 Å². The second kappa shape index (κ2) is 12.4. The first kappa shape index (κ1) is 25.7. The molecule has 1 fully saturated rings. The number of guanidine groups is 1. The highest BCUT2D eigenvalue weighted by Crippen LogP contribution is 2.25. The maximum absolute atomic E-state index is 5.54. The van der Waals surface area contributed by atoms with Crippen LogP contribution in [0.3, 0.4) is 0 Å². The Hall–Kier alpha value is -1.59. The third kappa shape index (κ3) is 6.95. The Balaban J connectivity index is 0.00000341. The van der Waals surface area contributed by atoms with Crippen molar-refractivity contribution in [3.05, 3.63) is 39.3 Å². The molecule has 31 heavy (non-hydrogen) atoms. The number of thiazole rings is 1. The molecule has 1 N–H and O–H groups in total. The monoisotopic (exact) mass is 559 g/mol. The minimum absolute atomic E-state index is 0. The number of aromatic nitrogens is 1. The summed E-state index contributed by atoms with van der Waals surface area (Å²) in [6.45, 7) is 12.5. The summed E-state index contributed by atoms with van der Waals surface area (Å²) < 4.78 is 10.9. The normalized spacial score (nSPS) is 14.9. The van der Waals surface area contributed by atoms with Gasteiger partial charge >= 0.3 is 0 Å². The minimum atomic E-state index is 0. The molecule has 0 unspecified atom stereocenters. The van der Waals surface area contributed by atoms with E-state index in [4.69, 9.17) is 14.5 Å². The highest BCUT2D eigenvalue weighted by Gasteiger charge is 2.21. The number of ether oxygens (including phenoxy) is 2. The van der Waals surface area contributed by atoms with Gasteiger partial charge < -0.3 is 19.7 Å². The lowest BCUT2D eigenvalue weighted by atomic mass is 10.1. The molecule has 172 valence electrons. The summed E-state index contributed by atoms with van der Waals surface area (Å²) in [6, 6.07) is 5.98. The first-order valence-corrected chi connectivity index (χ1v) is 11.2. The Morgan fingerprint density at radius 2 is 1.90 bits per heavy atom. The Labute approximate surface area is 206 Å². The summed E-state index contributed by atoms with van der Waals surface area (Å²) in [4.78, 5) is 15.4. The van der Waals surface area contributed by atoms with E-state index in [0.717, 1.165) is 73.0 Å². The van der Waals surface area contributed by atoms with Crippen molar-refractivity contribution in [1.82, 2.24) is 20.1 Å². The van der Waals surface area contributed by atoms with Gasteiger partial charge in [-0.3, -0.25) is 4.90 Å². The number of nitrogens with zero attached hydrogens (tertiary/aromatic N) is 4. The van der Waals surface area contributed by atoms with Gasteiger partial charge in [-0.05, 0) is 39.0 Å². The van der Waals surface area contributed by atoms with Crippen LogP contribution in [0.1, 0.15) is 28.1 Å². The molecule has 0 amide bonds. The number of halogens is 1. The van der Waals surface area contributed by atoms with Crippen molar-refractivity contribution in [2.45, 2.75) is 33.9 Å². The van der Waals surface area contributed by atoms with E-state index in [-0.39, 0.29) is 24.0 Å². The molecule has 0 aliphatic carbocycles. The Kier molecular flexibility index (Phi) is 10.3. The van der Waals surface area contributed by atoms with E-state index < -0.39 is 0 Å². The number of hydrogen-bond donors (Lipinski definition) is 1. The molecule has 9 heteroatoms. The van der Waals surface area contributed by atoms with Crippen molar-refractivity contribution in [2.75, 3.05) is 46.9 Å². The van der Waals surface area contributed by atoms with Gasteiger partial charge in [-0.1, -0.05) is 0 Å². The van der Waals surface area contributed by atoms with Crippen molar-refractivity contribution < 1.29 is 9.47 Å². The van der Waals surface area contributed by atoms with Gasteiger partial charge in [-0.15, -0.1) is 35.3 Å². The molecule has 7 nitrogen and oxygen atoms in total. The van der Waals surface area contributed by atoms with E-state index in [1.54, 1.807) is 25.6 Å². The topological polar surface area (TPSA) is 62.2 Å². The number of nitrogens with one attached hydrogen (secondary N) is 1. The second-order valence-corrected chi connectivity index (χ2v) is 8.64. The third-order valence-corrected chi connectivity index (χ3v) is 6.32. The third-order valence-electron chi connectivity index (χ3n) is 5.26. The van der Waals surface area contributed by atoms with Crippen LogP contribution in [-0.2, 0) is 13.1 Å². The lowest BCUT2D eigenvalue weighted by Gasteiger charge is -2.36. The van der Waals surface area contributed by atoms with Crippen LogP contribution in [0.5, 0.6) is 11.5 Å². The first-order chi connectivity index (χ1) is 14.5.